The number of hydrogen-bond donors (Lipinski definition) is 3. The lowest BCUT2D eigenvalue weighted by Crippen LogP contribution is -2.52. The minimum Gasteiger partial charge on any atom is -0.322 e. The van der Waals surface area contributed by atoms with Crippen molar-refractivity contribution in [3.63, 3.8) is 0 Å². The van der Waals surface area contributed by atoms with Crippen LogP contribution in [0.15, 0.2) is 18.2 Å². The number of carbonyl (C=O) groups is 3. The maximum Gasteiger partial charge on any atom is 0.255 e. The van der Waals surface area contributed by atoms with Gasteiger partial charge in [0.15, 0.2) is 0 Å². The number of hydrogen-bond acceptors (Lipinski definition) is 5. The third-order valence-corrected chi connectivity index (χ3v) is 6.63. The lowest BCUT2D eigenvalue weighted by molar-refractivity contribution is -0.136. The number of imide groups is 1. The summed E-state index contributed by atoms with van der Waals surface area (Å²) < 4.78 is 0. The van der Waals surface area contributed by atoms with Crippen molar-refractivity contribution in [2.45, 2.75) is 50.9 Å². The van der Waals surface area contributed by atoms with Crippen LogP contribution in [0.2, 0.25) is 0 Å². The molecule has 1 aromatic rings. The monoisotopic (exact) mass is 368 g/mol. The standard InChI is InChI=1S/C20H24N4O3/c25-16-5-4-14(18(26)23-16)24-10-13-3-1-2-12(17(13)19(24)27)8-22-15-9-21-11-20(15)6-7-20/h1-3,14-15,21-22H,4-11H2,(H,23,25,26). The first-order chi connectivity index (χ1) is 13.1. The van der Waals surface area contributed by atoms with Gasteiger partial charge < -0.3 is 15.5 Å². The summed E-state index contributed by atoms with van der Waals surface area (Å²) >= 11 is 0. The van der Waals surface area contributed by atoms with Crippen molar-refractivity contribution in [2.24, 2.45) is 5.41 Å². The molecule has 1 aliphatic carbocycles. The SMILES string of the molecule is O=C1CCC(N2Cc3cccc(CNC4CNCC45CC5)c3C2=O)C(=O)N1. The molecule has 1 spiro atoms. The highest BCUT2D eigenvalue weighted by atomic mass is 16.2. The van der Waals surface area contributed by atoms with E-state index in [1.807, 2.05) is 18.2 Å². The van der Waals surface area contributed by atoms with Crippen molar-refractivity contribution >= 4 is 17.7 Å². The molecule has 0 radical (unpaired) electrons. The van der Waals surface area contributed by atoms with Crippen LogP contribution >= 0.6 is 0 Å². The first-order valence-electron chi connectivity index (χ1n) is 9.77. The molecule has 1 aromatic carbocycles. The van der Waals surface area contributed by atoms with E-state index >= 15 is 0 Å². The Labute approximate surface area is 157 Å². The van der Waals surface area contributed by atoms with E-state index < -0.39 is 6.04 Å². The molecule has 1 saturated carbocycles. The van der Waals surface area contributed by atoms with E-state index in [1.165, 1.54) is 12.8 Å². The summed E-state index contributed by atoms with van der Waals surface area (Å²) in [7, 11) is 0. The van der Waals surface area contributed by atoms with Gasteiger partial charge in [0, 0.05) is 44.2 Å². The Morgan fingerprint density at radius 2 is 2.07 bits per heavy atom. The topological polar surface area (TPSA) is 90.5 Å². The molecule has 3 amide bonds. The van der Waals surface area contributed by atoms with E-state index in [2.05, 4.69) is 16.0 Å². The molecule has 2 saturated heterocycles. The second-order valence-electron chi connectivity index (χ2n) is 8.28. The minimum absolute atomic E-state index is 0.0948. The third-order valence-electron chi connectivity index (χ3n) is 6.63. The van der Waals surface area contributed by atoms with Gasteiger partial charge in [-0.15, -0.1) is 0 Å². The Balaban J connectivity index is 1.33. The molecular weight excluding hydrogens is 344 g/mol. The molecule has 7 heteroatoms. The highest BCUT2D eigenvalue weighted by Crippen LogP contribution is 2.50. The third kappa shape index (κ3) is 2.76. The van der Waals surface area contributed by atoms with Crippen molar-refractivity contribution in [3.05, 3.63) is 34.9 Å². The Bertz CT molecular complexity index is 833. The van der Waals surface area contributed by atoms with E-state index in [0.717, 1.165) is 29.8 Å². The molecule has 5 rings (SSSR count). The number of fused-ring (bicyclic) bond motifs is 1. The van der Waals surface area contributed by atoms with E-state index in [1.54, 1.807) is 4.90 Å². The number of benzene rings is 1. The number of nitrogens with one attached hydrogen (secondary N) is 3. The predicted molar refractivity (Wildman–Crippen MR) is 97.7 cm³/mol. The summed E-state index contributed by atoms with van der Waals surface area (Å²) in [5, 5.41) is 9.48. The number of carbonyl (C=O) groups excluding carboxylic acids is 3. The van der Waals surface area contributed by atoms with Crippen LogP contribution in [0.5, 0.6) is 0 Å². The van der Waals surface area contributed by atoms with Gasteiger partial charge in [-0.2, -0.15) is 0 Å². The van der Waals surface area contributed by atoms with Gasteiger partial charge in [0.1, 0.15) is 6.04 Å². The summed E-state index contributed by atoms with van der Waals surface area (Å²) in [5.74, 6) is -0.716. The average molecular weight is 368 g/mol. The summed E-state index contributed by atoms with van der Waals surface area (Å²) in [6.07, 6.45) is 3.22. The zero-order valence-electron chi connectivity index (χ0n) is 15.2. The predicted octanol–water partition coefficient (Wildman–Crippen LogP) is 0.289. The molecule has 0 bridgehead atoms. The quantitative estimate of drug-likeness (QED) is 0.665. The van der Waals surface area contributed by atoms with Gasteiger partial charge in [-0.05, 0) is 35.8 Å². The van der Waals surface area contributed by atoms with Crippen LogP contribution < -0.4 is 16.0 Å². The first kappa shape index (κ1) is 16.9. The molecule has 4 aliphatic rings. The lowest BCUT2D eigenvalue weighted by Gasteiger charge is -2.29. The van der Waals surface area contributed by atoms with Crippen LogP contribution in [0.1, 0.15) is 47.2 Å². The molecule has 142 valence electrons. The molecule has 0 aromatic heterocycles. The smallest absolute Gasteiger partial charge is 0.255 e. The second kappa shape index (κ2) is 6.14. The van der Waals surface area contributed by atoms with Crippen LogP contribution in [0.3, 0.4) is 0 Å². The fourth-order valence-corrected chi connectivity index (χ4v) is 4.85. The van der Waals surface area contributed by atoms with Crippen LogP contribution in [0.4, 0.5) is 0 Å². The molecule has 3 heterocycles. The molecular formula is C20H24N4O3. The summed E-state index contributed by atoms with van der Waals surface area (Å²) in [6.45, 7) is 3.15. The van der Waals surface area contributed by atoms with Crippen LogP contribution in [0, 0.1) is 5.41 Å². The second-order valence-corrected chi connectivity index (χ2v) is 8.28. The van der Waals surface area contributed by atoms with Gasteiger partial charge in [-0.3, -0.25) is 19.7 Å². The van der Waals surface area contributed by atoms with Gasteiger partial charge in [-0.1, -0.05) is 18.2 Å². The highest BCUT2D eigenvalue weighted by molar-refractivity contribution is 6.05. The van der Waals surface area contributed by atoms with Crippen molar-refractivity contribution in [2.75, 3.05) is 13.1 Å². The van der Waals surface area contributed by atoms with Gasteiger partial charge in [0.2, 0.25) is 11.8 Å². The van der Waals surface area contributed by atoms with Crippen LogP contribution in [0.25, 0.3) is 0 Å². The molecule has 3 fully saturated rings. The molecule has 27 heavy (non-hydrogen) atoms. The molecule has 3 N–H and O–H groups in total. The summed E-state index contributed by atoms with van der Waals surface area (Å²) in [5.41, 5.74) is 3.11. The minimum atomic E-state index is -0.558. The van der Waals surface area contributed by atoms with E-state index in [9.17, 15) is 14.4 Å². The van der Waals surface area contributed by atoms with Crippen LogP contribution in [-0.4, -0.2) is 47.8 Å². The molecule has 2 atom stereocenters. The highest BCUT2D eigenvalue weighted by Gasteiger charge is 2.52. The number of rotatable bonds is 4. The Hall–Kier alpha value is -2.25. The van der Waals surface area contributed by atoms with Crippen molar-refractivity contribution < 1.29 is 14.4 Å². The zero-order valence-corrected chi connectivity index (χ0v) is 15.2. The molecule has 7 nitrogen and oxygen atoms in total. The zero-order chi connectivity index (χ0) is 18.6. The van der Waals surface area contributed by atoms with Gasteiger partial charge in [-0.25, -0.2) is 0 Å². The Morgan fingerprint density at radius 3 is 2.85 bits per heavy atom. The Morgan fingerprint density at radius 1 is 1.22 bits per heavy atom. The van der Waals surface area contributed by atoms with E-state index in [-0.39, 0.29) is 24.1 Å². The fraction of sp³-hybridized carbons (Fsp3) is 0.550. The van der Waals surface area contributed by atoms with Gasteiger partial charge in [0.25, 0.3) is 5.91 Å². The maximum atomic E-state index is 13.1. The summed E-state index contributed by atoms with van der Waals surface area (Å²) in [6, 6.07) is 5.84. The lowest BCUT2D eigenvalue weighted by atomic mass is 9.99. The van der Waals surface area contributed by atoms with Crippen molar-refractivity contribution in [1.82, 2.24) is 20.9 Å². The molecule has 3 aliphatic heterocycles. The maximum absolute atomic E-state index is 13.1. The number of amides is 3. The van der Waals surface area contributed by atoms with Gasteiger partial charge >= 0.3 is 0 Å². The van der Waals surface area contributed by atoms with Gasteiger partial charge in [0.05, 0.1) is 0 Å². The van der Waals surface area contributed by atoms with Crippen molar-refractivity contribution in [3.8, 4) is 0 Å². The van der Waals surface area contributed by atoms with Crippen molar-refractivity contribution in [1.29, 1.82) is 0 Å². The largest absolute Gasteiger partial charge is 0.322 e. The number of piperidine rings is 1. The normalized spacial score (nSPS) is 28.6. The van der Waals surface area contributed by atoms with Crippen LogP contribution in [-0.2, 0) is 22.7 Å². The molecule has 2 unspecified atom stereocenters. The average Bonchev–Trinajstić information content (AvgIpc) is 3.19. The number of nitrogens with zero attached hydrogens (tertiary/aromatic N) is 1. The Kier molecular flexibility index (Phi) is 3.84. The van der Waals surface area contributed by atoms with E-state index in [0.29, 0.717) is 31.0 Å². The fourth-order valence-electron chi connectivity index (χ4n) is 4.85. The van der Waals surface area contributed by atoms with E-state index in [4.69, 9.17) is 0 Å². The summed E-state index contributed by atoms with van der Waals surface area (Å²) in [4.78, 5) is 38.3. The first-order valence-corrected chi connectivity index (χ1v) is 9.77.